The fourth-order valence-electron chi connectivity index (χ4n) is 3.92. The Hall–Kier alpha value is -2.25. The second-order valence-corrected chi connectivity index (χ2v) is 10.0. The van der Waals surface area contributed by atoms with Gasteiger partial charge in [0.1, 0.15) is 35.9 Å². The molecular formula is C25H34O10S. The van der Waals surface area contributed by atoms with E-state index in [4.69, 9.17) is 37.3 Å². The molecule has 10 nitrogen and oxygen atoms in total. The van der Waals surface area contributed by atoms with E-state index in [2.05, 4.69) is 0 Å². The molecule has 0 amide bonds. The molecule has 0 spiro atoms. The molecule has 1 fully saturated rings. The van der Waals surface area contributed by atoms with E-state index in [0.29, 0.717) is 0 Å². The maximum atomic E-state index is 11.9. The number of ether oxygens (including phenoxy) is 7. The van der Waals surface area contributed by atoms with E-state index in [1.54, 1.807) is 14.2 Å². The van der Waals surface area contributed by atoms with Crippen molar-refractivity contribution < 1.29 is 45.8 Å². The van der Waals surface area contributed by atoms with Crippen LogP contribution in [0.15, 0.2) is 48.5 Å². The van der Waals surface area contributed by atoms with Crippen LogP contribution in [0.4, 0.5) is 0 Å². The van der Waals surface area contributed by atoms with E-state index in [1.165, 1.54) is 14.2 Å². The molecule has 11 heteroatoms. The number of methoxy groups -OCH3 is 4. The molecule has 1 aliphatic rings. The van der Waals surface area contributed by atoms with Crippen molar-refractivity contribution in [3.05, 3.63) is 59.7 Å². The van der Waals surface area contributed by atoms with E-state index >= 15 is 0 Å². The third-order valence-corrected chi connectivity index (χ3v) is 6.37. The van der Waals surface area contributed by atoms with Gasteiger partial charge >= 0.3 is 0 Å². The molecule has 0 radical (unpaired) electrons. The van der Waals surface area contributed by atoms with Gasteiger partial charge in [0.2, 0.25) is 0 Å². The number of benzene rings is 2. The predicted molar refractivity (Wildman–Crippen MR) is 130 cm³/mol. The fraction of sp³-hybridized carbons (Fsp3) is 0.520. The Labute approximate surface area is 212 Å². The third-order valence-electron chi connectivity index (χ3n) is 5.82. The second-order valence-electron chi connectivity index (χ2n) is 8.37. The molecule has 0 aromatic heterocycles. The van der Waals surface area contributed by atoms with Gasteiger partial charge in [0, 0.05) is 14.2 Å². The first kappa shape index (κ1) is 28.3. The maximum Gasteiger partial charge on any atom is 0.264 e. The van der Waals surface area contributed by atoms with E-state index in [1.807, 2.05) is 48.5 Å². The highest BCUT2D eigenvalue weighted by Gasteiger charge is 2.58. The minimum atomic E-state index is -3.78. The smallest absolute Gasteiger partial charge is 0.264 e. The SMILES string of the molecule is COc1ccc(COC[C@@]2(COS(C)(=O)=O)O[C@H](OC)[C@H](OC)[C@@H]2OCc2ccc(OC)cc2)cc1. The van der Waals surface area contributed by atoms with Gasteiger partial charge in [-0.25, -0.2) is 0 Å². The minimum absolute atomic E-state index is 0.0401. The van der Waals surface area contributed by atoms with Crippen LogP contribution in [0, 0.1) is 0 Å². The van der Waals surface area contributed by atoms with Crippen LogP contribution in [-0.2, 0) is 51.2 Å². The molecule has 0 unspecified atom stereocenters. The summed E-state index contributed by atoms with van der Waals surface area (Å²) < 4.78 is 69.0. The zero-order chi connectivity index (χ0) is 26.2. The first-order valence-corrected chi connectivity index (χ1v) is 13.1. The summed E-state index contributed by atoms with van der Waals surface area (Å²) in [5.74, 6) is 1.45. The Morgan fingerprint density at radius 2 is 1.36 bits per heavy atom. The van der Waals surface area contributed by atoms with Gasteiger partial charge in [0.15, 0.2) is 6.29 Å². The Morgan fingerprint density at radius 3 is 1.83 bits per heavy atom. The van der Waals surface area contributed by atoms with Crippen LogP contribution in [0.1, 0.15) is 11.1 Å². The van der Waals surface area contributed by atoms with Gasteiger partial charge < -0.3 is 33.2 Å². The van der Waals surface area contributed by atoms with Crippen molar-refractivity contribution in [2.75, 3.05) is 47.9 Å². The number of hydrogen-bond acceptors (Lipinski definition) is 10. The monoisotopic (exact) mass is 526 g/mol. The molecule has 200 valence electrons. The highest BCUT2D eigenvalue weighted by atomic mass is 32.2. The molecule has 1 heterocycles. The van der Waals surface area contributed by atoms with Gasteiger partial charge in [-0.05, 0) is 35.4 Å². The van der Waals surface area contributed by atoms with Gasteiger partial charge in [-0.15, -0.1) is 0 Å². The molecule has 0 saturated carbocycles. The van der Waals surface area contributed by atoms with Crippen LogP contribution in [0.2, 0.25) is 0 Å². The van der Waals surface area contributed by atoms with Gasteiger partial charge in [0.05, 0.1) is 40.3 Å². The zero-order valence-corrected chi connectivity index (χ0v) is 22.0. The fourth-order valence-corrected chi connectivity index (χ4v) is 4.34. The van der Waals surface area contributed by atoms with Gasteiger partial charge in [-0.2, -0.15) is 8.42 Å². The highest BCUT2D eigenvalue weighted by molar-refractivity contribution is 7.85. The van der Waals surface area contributed by atoms with Crippen molar-refractivity contribution in [1.82, 2.24) is 0 Å². The third kappa shape index (κ3) is 7.39. The lowest BCUT2D eigenvalue weighted by atomic mass is 9.96. The maximum absolute atomic E-state index is 11.9. The van der Waals surface area contributed by atoms with Crippen molar-refractivity contribution in [2.24, 2.45) is 0 Å². The number of rotatable bonds is 14. The summed E-state index contributed by atoms with van der Waals surface area (Å²) in [5.41, 5.74) is 0.447. The van der Waals surface area contributed by atoms with Crippen LogP contribution in [-0.4, -0.2) is 80.4 Å². The molecule has 2 aromatic rings. The van der Waals surface area contributed by atoms with E-state index in [0.717, 1.165) is 28.9 Å². The largest absolute Gasteiger partial charge is 0.497 e. The minimum Gasteiger partial charge on any atom is -0.497 e. The summed E-state index contributed by atoms with van der Waals surface area (Å²) in [7, 11) is 2.39. The van der Waals surface area contributed by atoms with Gasteiger partial charge in [-0.1, -0.05) is 24.3 Å². The summed E-state index contributed by atoms with van der Waals surface area (Å²) in [5, 5.41) is 0. The second kappa shape index (κ2) is 12.8. The van der Waals surface area contributed by atoms with Crippen molar-refractivity contribution in [3.8, 4) is 11.5 Å². The molecule has 1 aliphatic heterocycles. The van der Waals surface area contributed by atoms with Gasteiger partial charge in [-0.3, -0.25) is 4.18 Å². The van der Waals surface area contributed by atoms with E-state index in [9.17, 15) is 8.42 Å². The number of hydrogen-bond donors (Lipinski definition) is 0. The predicted octanol–water partition coefficient (Wildman–Crippen LogP) is 2.54. The summed E-state index contributed by atoms with van der Waals surface area (Å²) >= 11 is 0. The average Bonchev–Trinajstić information content (AvgIpc) is 3.19. The van der Waals surface area contributed by atoms with Crippen molar-refractivity contribution >= 4 is 10.1 Å². The summed E-state index contributed by atoms with van der Waals surface area (Å²) in [6, 6.07) is 14.8. The van der Waals surface area contributed by atoms with Crippen molar-refractivity contribution in [2.45, 2.75) is 37.3 Å². The molecular weight excluding hydrogens is 492 g/mol. The highest BCUT2D eigenvalue weighted by Crippen LogP contribution is 2.37. The zero-order valence-electron chi connectivity index (χ0n) is 21.2. The first-order chi connectivity index (χ1) is 17.2. The van der Waals surface area contributed by atoms with E-state index < -0.39 is 34.2 Å². The van der Waals surface area contributed by atoms with Crippen LogP contribution >= 0.6 is 0 Å². The molecule has 0 N–H and O–H groups in total. The molecule has 0 aliphatic carbocycles. The van der Waals surface area contributed by atoms with Crippen LogP contribution in [0.5, 0.6) is 11.5 Å². The molecule has 2 aromatic carbocycles. The van der Waals surface area contributed by atoms with Crippen LogP contribution in [0.3, 0.4) is 0 Å². The topological polar surface area (TPSA) is 108 Å². The van der Waals surface area contributed by atoms with Crippen molar-refractivity contribution in [1.29, 1.82) is 0 Å². The summed E-state index contributed by atoms with van der Waals surface area (Å²) in [6.07, 6.45) is -1.29. The quantitative estimate of drug-likeness (QED) is 0.341. The van der Waals surface area contributed by atoms with E-state index in [-0.39, 0.29) is 26.4 Å². The first-order valence-electron chi connectivity index (χ1n) is 11.3. The Morgan fingerprint density at radius 1 is 0.806 bits per heavy atom. The average molecular weight is 527 g/mol. The summed E-state index contributed by atoms with van der Waals surface area (Å²) in [6.45, 7) is 0.0604. The van der Waals surface area contributed by atoms with Crippen LogP contribution < -0.4 is 9.47 Å². The lowest BCUT2D eigenvalue weighted by Gasteiger charge is -2.34. The lowest BCUT2D eigenvalue weighted by molar-refractivity contribution is -0.207. The van der Waals surface area contributed by atoms with Crippen molar-refractivity contribution in [3.63, 3.8) is 0 Å². The Bertz CT molecular complexity index is 1040. The Balaban J connectivity index is 1.82. The Kier molecular flexibility index (Phi) is 10.1. The molecule has 1 saturated heterocycles. The molecule has 36 heavy (non-hydrogen) atoms. The molecule has 3 rings (SSSR count). The molecule has 0 bridgehead atoms. The van der Waals surface area contributed by atoms with Gasteiger partial charge in [0.25, 0.3) is 10.1 Å². The van der Waals surface area contributed by atoms with Crippen LogP contribution in [0.25, 0.3) is 0 Å². The lowest BCUT2D eigenvalue weighted by Crippen LogP contribution is -2.52. The standard InChI is InChI=1S/C25H34O10S/c1-28-20-10-6-18(7-11-20)14-32-16-25(17-34-36(5,26)27)23(22(30-3)24(31-4)35-25)33-15-19-8-12-21(29-2)13-9-19/h6-13,22-24H,14-17H2,1-5H3/t22-,23+,24+,25+/m1/s1. The summed E-state index contributed by atoms with van der Waals surface area (Å²) in [4.78, 5) is 0. The normalized spacial score (nSPS) is 24.1. The molecule has 4 atom stereocenters.